The predicted octanol–water partition coefficient (Wildman–Crippen LogP) is 3.44. The fraction of sp³-hybridized carbons (Fsp3) is 0.158. The standard InChI is InChI=1S/C19H18ClN5O2S/c1-12-5-3-4-6-15(12)25-17(13-7-9-14(20)10-8-13)23-24-19(25)28-11-16(26)22-18(27)21-2/h3-10H,11H2,1-2H3,(H2,21,22,26,27). The van der Waals surface area contributed by atoms with Crippen molar-refractivity contribution in [3.8, 4) is 17.1 Å². The summed E-state index contributed by atoms with van der Waals surface area (Å²) in [6.45, 7) is 1.99. The SMILES string of the molecule is CNC(=O)NC(=O)CSc1nnc(-c2ccc(Cl)cc2)n1-c1ccccc1C. The van der Waals surface area contributed by atoms with E-state index in [1.807, 2.05) is 47.9 Å². The number of benzene rings is 2. The highest BCUT2D eigenvalue weighted by Gasteiger charge is 2.18. The van der Waals surface area contributed by atoms with Crippen LogP contribution in [0.1, 0.15) is 5.56 Å². The molecule has 0 aliphatic carbocycles. The highest BCUT2D eigenvalue weighted by atomic mass is 35.5. The fourth-order valence-corrected chi connectivity index (χ4v) is 3.41. The molecule has 0 radical (unpaired) electrons. The minimum absolute atomic E-state index is 0.0258. The van der Waals surface area contributed by atoms with E-state index < -0.39 is 11.9 Å². The molecule has 3 rings (SSSR count). The third-order valence-corrected chi connectivity index (χ3v) is 5.09. The molecule has 0 unspecified atom stereocenters. The van der Waals surface area contributed by atoms with Crippen LogP contribution in [-0.4, -0.2) is 39.5 Å². The average molecular weight is 416 g/mol. The number of imide groups is 1. The lowest BCUT2D eigenvalue weighted by Crippen LogP contribution is -2.38. The number of rotatable bonds is 5. The van der Waals surface area contributed by atoms with Gasteiger partial charge in [-0.25, -0.2) is 4.79 Å². The molecule has 0 atom stereocenters. The van der Waals surface area contributed by atoms with Gasteiger partial charge in [0, 0.05) is 17.6 Å². The van der Waals surface area contributed by atoms with E-state index in [2.05, 4.69) is 20.8 Å². The molecule has 0 fully saturated rings. The topological polar surface area (TPSA) is 88.9 Å². The minimum Gasteiger partial charge on any atom is -0.341 e. The molecule has 0 aliphatic heterocycles. The third kappa shape index (κ3) is 4.52. The van der Waals surface area contributed by atoms with Crippen LogP contribution in [0.15, 0.2) is 53.7 Å². The number of thioether (sulfide) groups is 1. The van der Waals surface area contributed by atoms with E-state index in [4.69, 9.17) is 11.6 Å². The van der Waals surface area contributed by atoms with E-state index in [9.17, 15) is 9.59 Å². The molecular formula is C19H18ClN5O2S. The molecule has 0 aliphatic rings. The smallest absolute Gasteiger partial charge is 0.321 e. The van der Waals surface area contributed by atoms with Crippen molar-refractivity contribution in [3.05, 3.63) is 59.1 Å². The Balaban J connectivity index is 1.97. The fourth-order valence-electron chi connectivity index (χ4n) is 2.54. The van der Waals surface area contributed by atoms with E-state index in [0.29, 0.717) is 16.0 Å². The number of hydrogen-bond acceptors (Lipinski definition) is 5. The van der Waals surface area contributed by atoms with Crippen LogP contribution in [0.3, 0.4) is 0 Å². The van der Waals surface area contributed by atoms with Gasteiger partial charge >= 0.3 is 6.03 Å². The van der Waals surface area contributed by atoms with Crippen LogP contribution in [0.5, 0.6) is 0 Å². The Labute approximate surface area is 171 Å². The number of halogens is 1. The van der Waals surface area contributed by atoms with Gasteiger partial charge in [-0.15, -0.1) is 10.2 Å². The van der Waals surface area contributed by atoms with Gasteiger partial charge in [0.25, 0.3) is 0 Å². The monoisotopic (exact) mass is 415 g/mol. The van der Waals surface area contributed by atoms with Crippen molar-refractivity contribution in [3.63, 3.8) is 0 Å². The Bertz CT molecular complexity index is 1000. The number of urea groups is 1. The van der Waals surface area contributed by atoms with E-state index in [-0.39, 0.29) is 5.75 Å². The van der Waals surface area contributed by atoms with E-state index >= 15 is 0 Å². The van der Waals surface area contributed by atoms with Crippen molar-refractivity contribution in [2.24, 2.45) is 0 Å². The first kappa shape index (κ1) is 19.9. The summed E-state index contributed by atoms with van der Waals surface area (Å²) in [5.74, 6) is 0.245. The zero-order valence-corrected chi connectivity index (χ0v) is 16.8. The largest absolute Gasteiger partial charge is 0.341 e. The maximum absolute atomic E-state index is 11.9. The summed E-state index contributed by atoms with van der Waals surface area (Å²) >= 11 is 7.20. The summed E-state index contributed by atoms with van der Waals surface area (Å²) in [5, 5.41) is 14.3. The lowest BCUT2D eigenvalue weighted by atomic mass is 10.1. The quantitative estimate of drug-likeness (QED) is 0.623. The maximum atomic E-state index is 11.9. The highest BCUT2D eigenvalue weighted by molar-refractivity contribution is 7.99. The Morgan fingerprint density at radius 1 is 1.11 bits per heavy atom. The van der Waals surface area contributed by atoms with Crippen molar-refractivity contribution in [1.29, 1.82) is 0 Å². The molecule has 2 aromatic carbocycles. The first-order valence-electron chi connectivity index (χ1n) is 8.41. The molecule has 144 valence electrons. The summed E-state index contributed by atoms with van der Waals surface area (Å²) < 4.78 is 1.90. The second kappa shape index (κ2) is 8.90. The number of nitrogens with zero attached hydrogens (tertiary/aromatic N) is 3. The number of amides is 3. The normalized spacial score (nSPS) is 10.5. The van der Waals surface area contributed by atoms with Gasteiger partial charge in [0.2, 0.25) is 5.91 Å². The molecule has 28 heavy (non-hydrogen) atoms. The van der Waals surface area contributed by atoms with Gasteiger partial charge in [-0.2, -0.15) is 0 Å². The van der Waals surface area contributed by atoms with E-state index in [1.54, 1.807) is 12.1 Å². The van der Waals surface area contributed by atoms with Crippen LogP contribution in [0.2, 0.25) is 5.02 Å². The molecule has 7 nitrogen and oxygen atoms in total. The molecular weight excluding hydrogens is 398 g/mol. The van der Waals surface area contributed by atoms with Gasteiger partial charge in [0.05, 0.1) is 11.4 Å². The summed E-state index contributed by atoms with van der Waals surface area (Å²) in [6.07, 6.45) is 0. The lowest BCUT2D eigenvalue weighted by molar-refractivity contribution is -0.117. The molecule has 1 aromatic heterocycles. The first-order valence-corrected chi connectivity index (χ1v) is 9.77. The van der Waals surface area contributed by atoms with Crippen molar-refractivity contribution in [2.75, 3.05) is 12.8 Å². The number of carbonyl (C=O) groups excluding carboxylic acids is 2. The van der Waals surface area contributed by atoms with Crippen molar-refractivity contribution in [2.45, 2.75) is 12.1 Å². The summed E-state index contributed by atoms with van der Waals surface area (Å²) in [4.78, 5) is 23.2. The molecule has 0 spiro atoms. The third-order valence-electron chi connectivity index (χ3n) is 3.90. The predicted molar refractivity (Wildman–Crippen MR) is 110 cm³/mol. The molecule has 0 saturated carbocycles. The van der Waals surface area contributed by atoms with Gasteiger partial charge in [-0.1, -0.05) is 41.6 Å². The minimum atomic E-state index is -0.548. The zero-order chi connectivity index (χ0) is 20.1. The van der Waals surface area contributed by atoms with Crippen molar-refractivity contribution >= 4 is 35.3 Å². The molecule has 0 bridgehead atoms. The number of hydrogen-bond donors (Lipinski definition) is 2. The number of aromatic nitrogens is 3. The molecule has 1 heterocycles. The second-order valence-corrected chi connectivity index (χ2v) is 7.23. The Hall–Kier alpha value is -2.84. The van der Waals surface area contributed by atoms with Crippen molar-refractivity contribution in [1.82, 2.24) is 25.4 Å². The second-order valence-electron chi connectivity index (χ2n) is 5.85. The Kier molecular flexibility index (Phi) is 6.33. The zero-order valence-electron chi connectivity index (χ0n) is 15.3. The number of aryl methyl sites for hydroxylation is 1. The van der Waals surface area contributed by atoms with Crippen LogP contribution in [0, 0.1) is 6.92 Å². The van der Waals surface area contributed by atoms with Crippen LogP contribution in [-0.2, 0) is 4.79 Å². The number of para-hydroxylation sites is 1. The van der Waals surface area contributed by atoms with Crippen LogP contribution in [0.25, 0.3) is 17.1 Å². The summed E-state index contributed by atoms with van der Waals surface area (Å²) in [6, 6.07) is 14.6. The molecule has 3 amide bonds. The Morgan fingerprint density at radius 3 is 2.50 bits per heavy atom. The van der Waals surface area contributed by atoms with Gasteiger partial charge in [0.1, 0.15) is 0 Å². The van der Waals surface area contributed by atoms with Gasteiger partial charge in [0.15, 0.2) is 11.0 Å². The Morgan fingerprint density at radius 2 is 1.82 bits per heavy atom. The number of nitrogens with one attached hydrogen (secondary N) is 2. The summed E-state index contributed by atoms with van der Waals surface area (Å²) in [7, 11) is 1.45. The number of carbonyl (C=O) groups is 2. The van der Waals surface area contributed by atoms with Crippen LogP contribution < -0.4 is 10.6 Å². The lowest BCUT2D eigenvalue weighted by Gasteiger charge is -2.13. The molecule has 0 saturated heterocycles. The summed E-state index contributed by atoms with van der Waals surface area (Å²) in [5.41, 5.74) is 2.79. The van der Waals surface area contributed by atoms with Crippen LogP contribution in [0.4, 0.5) is 4.79 Å². The van der Waals surface area contributed by atoms with Gasteiger partial charge < -0.3 is 5.32 Å². The van der Waals surface area contributed by atoms with Gasteiger partial charge in [-0.3, -0.25) is 14.7 Å². The first-order chi connectivity index (χ1) is 13.5. The molecule has 9 heteroatoms. The van der Waals surface area contributed by atoms with Crippen LogP contribution >= 0.6 is 23.4 Å². The maximum Gasteiger partial charge on any atom is 0.321 e. The average Bonchev–Trinajstić information content (AvgIpc) is 3.11. The van der Waals surface area contributed by atoms with Gasteiger partial charge in [-0.05, 0) is 42.8 Å². The molecule has 2 N–H and O–H groups in total. The van der Waals surface area contributed by atoms with E-state index in [0.717, 1.165) is 16.8 Å². The van der Waals surface area contributed by atoms with E-state index in [1.165, 1.54) is 18.8 Å². The highest BCUT2D eigenvalue weighted by Crippen LogP contribution is 2.29. The molecule has 3 aromatic rings. The van der Waals surface area contributed by atoms with Crippen molar-refractivity contribution < 1.29 is 9.59 Å².